The molecule has 0 saturated carbocycles. The summed E-state index contributed by atoms with van der Waals surface area (Å²) in [5.74, 6) is -1.33. The minimum Gasteiger partial charge on any atom is -0.480 e. The van der Waals surface area contributed by atoms with Crippen molar-refractivity contribution in [1.29, 1.82) is 0 Å². The lowest BCUT2D eigenvalue weighted by Crippen LogP contribution is -2.42. The summed E-state index contributed by atoms with van der Waals surface area (Å²) in [6, 6.07) is 3.20. The van der Waals surface area contributed by atoms with Crippen LogP contribution in [0.3, 0.4) is 0 Å². The molecule has 0 bridgehead atoms. The molecule has 0 aliphatic rings. The first-order chi connectivity index (χ1) is 18.2. The molecule has 1 rings (SSSR count). The molecule has 4 atom stereocenters. The molecule has 0 amide bonds. The van der Waals surface area contributed by atoms with Crippen LogP contribution in [0.4, 0.5) is 14.4 Å². The zero-order valence-corrected chi connectivity index (χ0v) is 23.8. The average molecular weight is 556 g/mol. The molecule has 39 heavy (non-hydrogen) atoms. The monoisotopic (exact) mass is 555 g/mol. The highest BCUT2D eigenvalue weighted by molar-refractivity contribution is 5.74. The summed E-state index contributed by atoms with van der Waals surface area (Å²) in [5.41, 5.74) is 0.449. The zero-order chi connectivity index (χ0) is 29.7. The smallest absolute Gasteiger partial charge is 0.480 e. The van der Waals surface area contributed by atoms with Gasteiger partial charge in [0.25, 0.3) is 0 Å². The Hall–Kier alpha value is -3.54. The Labute approximate surface area is 229 Å². The van der Waals surface area contributed by atoms with Crippen molar-refractivity contribution in [3.8, 4) is 11.5 Å². The van der Waals surface area contributed by atoms with Gasteiger partial charge in [-0.25, -0.2) is 14.4 Å². The summed E-state index contributed by atoms with van der Waals surface area (Å²) in [6.45, 7) is 14.3. The van der Waals surface area contributed by atoms with Gasteiger partial charge in [-0.2, -0.15) is 0 Å². The molecule has 2 N–H and O–H groups in total. The van der Waals surface area contributed by atoms with Gasteiger partial charge >= 0.3 is 24.4 Å². The topological polar surface area (TPSA) is 156 Å². The zero-order valence-electron chi connectivity index (χ0n) is 23.8. The van der Waals surface area contributed by atoms with Crippen molar-refractivity contribution in [2.24, 2.45) is 11.8 Å². The van der Waals surface area contributed by atoms with E-state index < -0.39 is 48.8 Å². The SMILES string of the molecule is CCOC(=O)OC(C)CN[C@@H](Cc1ccc(OC(=O)OC(C)C(C)C)c(OC(=O)OC(C)C(C)C)c1)C(=O)O. The summed E-state index contributed by atoms with van der Waals surface area (Å²) >= 11 is 0. The van der Waals surface area contributed by atoms with Crippen molar-refractivity contribution >= 4 is 24.4 Å². The third-order valence-electron chi connectivity index (χ3n) is 5.79. The van der Waals surface area contributed by atoms with Crippen molar-refractivity contribution in [3.05, 3.63) is 23.8 Å². The van der Waals surface area contributed by atoms with E-state index in [2.05, 4.69) is 5.32 Å². The first-order valence-electron chi connectivity index (χ1n) is 12.9. The predicted molar refractivity (Wildman–Crippen MR) is 140 cm³/mol. The van der Waals surface area contributed by atoms with Crippen LogP contribution in [-0.2, 0) is 30.2 Å². The van der Waals surface area contributed by atoms with Gasteiger partial charge in [-0.15, -0.1) is 0 Å². The van der Waals surface area contributed by atoms with Crippen LogP contribution in [0.2, 0.25) is 0 Å². The van der Waals surface area contributed by atoms with E-state index >= 15 is 0 Å². The van der Waals surface area contributed by atoms with Gasteiger partial charge in [0.2, 0.25) is 0 Å². The number of nitrogens with one attached hydrogen (secondary N) is 1. The summed E-state index contributed by atoms with van der Waals surface area (Å²) in [7, 11) is 0. The van der Waals surface area contributed by atoms with Crippen molar-refractivity contribution in [1.82, 2.24) is 5.32 Å². The third-order valence-corrected chi connectivity index (χ3v) is 5.79. The Morgan fingerprint density at radius 3 is 1.82 bits per heavy atom. The highest BCUT2D eigenvalue weighted by Gasteiger charge is 2.24. The summed E-state index contributed by atoms with van der Waals surface area (Å²) < 4.78 is 30.8. The molecule has 1 aromatic carbocycles. The maximum absolute atomic E-state index is 12.4. The van der Waals surface area contributed by atoms with Crippen molar-refractivity contribution in [2.45, 2.75) is 86.2 Å². The van der Waals surface area contributed by atoms with Crippen LogP contribution in [0.1, 0.15) is 61.0 Å². The molecule has 3 unspecified atom stereocenters. The Morgan fingerprint density at radius 1 is 0.795 bits per heavy atom. The van der Waals surface area contributed by atoms with Crippen LogP contribution >= 0.6 is 0 Å². The van der Waals surface area contributed by atoms with Crippen molar-refractivity contribution in [2.75, 3.05) is 13.2 Å². The second-order valence-electron chi connectivity index (χ2n) is 9.73. The average Bonchev–Trinajstić information content (AvgIpc) is 2.82. The minimum atomic E-state index is -1.16. The van der Waals surface area contributed by atoms with Gasteiger partial charge in [0.05, 0.1) is 6.61 Å². The Bertz CT molecular complexity index is 963. The number of carboxylic acids is 1. The fourth-order valence-corrected chi connectivity index (χ4v) is 2.80. The number of hydrogen-bond acceptors (Lipinski definition) is 11. The number of ether oxygens (including phenoxy) is 6. The van der Waals surface area contributed by atoms with E-state index in [-0.39, 0.29) is 42.9 Å². The molecule has 0 heterocycles. The molecule has 12 heteroatoms. The van der Waals surface area contributed by atoms with Gasteiger partial charge in [0.15, 0.2) is 11.5 Å². The quantitative estimate of drug-likeness (QED) is 0.181. The second kappa shape index (κ2) is 16.4. The van der Waals surface area contributed by atoms with Crippen LogP contribution in [0, 0.1) is 11.8 Å². The van der Waals surface area contributed by atoms with Crippen LogP contribution in [0.5, 0.6) is 11.5 Å². The minimum absolute atomic E-state index is 0.0321. The van der Waals surface area contributed by atoms with Gasteiger partial charge in [0.1, 0.15) is 24.4 Å². The molecule has 0 fully saturated rings. The van der Waals surface area contributed by atoms with Gasteiger partial charge in [0, 0.05) is 6.54 Å². The lowest BCUT2D eigenvalue weighted by molar-refractivity contribution is -0.139. The Kier molecular flexibility index (Phi) is 14.1. The van der Waals surface area contributed by atoms with E-state index in [1.54, 1.807) is 27.7 Å². The van der Waals surface area contributed by atoms with Crippen molar-refractivity contribution in [3.63, 3.8) is 0 Å². The first kappa shape index (κ1) is 33.5. The second-order valence-corrected chi connectivity index (χ2v) is 9.73. The fourth-order valence-electron chi connectivity index (χ4n) is 2.80. The third kappa shape index (κ3) is 12.7. The van der Waals surface area contributed by atoms with Crippen LogP contribution in [0.15, 0.2) is 18.2 Å². The molecule has 0 radical (unpaired) electrons. The predicted octanol–water partition coefficient (Wildman–Crippen LogP) is 4.95. The molecular formula is C27H41NO11. The summed E-state index contributed by atoms with van der Waals surface area (Å²) in [4.78, 5) is 48.1. The van der Waals surface area contributed by atoms with E-state index in [9.17, 15) is 24.3 Å². The lowest BCUT2D eigenvalue weighted by Gasteiger charge is -2.20. The van der Waals surface area contributed by atoms with Gasteiger partial charge in [-0.05, 0) is 63.6 Å². The Morgan fingerprint density at radius 2 is 1.33 bits per heavy atom. The summed E-state index contributed by atoms with van der Waals surface area (Å²) in [5, 5.41) is 12.5. The molecule has 0 aromatic heterocycles. The number of benzene rings is 1. The lowest BCUT2D eigenvalue weighted by atomic mass is 10.0. The van der Waals surface area contributed by atoms with Gasteiger partial charge < -0.3 is 38.8 Å². The largest absolute Gasteiger partial charge is 0.514 e. The van der Waals surface area contributed by atoms with Crippen LogP contribution < -0.4 is 14.8 Å². The van der Waals surface area contributed by atoms with Crippen molar-refractivity contribution < 1.29 is 52.7 Å². The number of carbonyl (C=O) groups is 4. The molecule has 220 valence electrons. The van der Waals surface area contributed by atoms with E-state index in [0.717, 1.165) is 0 Å². The van der Waals surface area contributed by atoms with Gasteiger partial charge in [-0.3, -0.25) is 4.79 Å². The van der Waals surface area contributed by atoms with E-state index in [0.29, 0.717) is 5.56 Å². The first-order valence-corrected chi connectivity index (χ1v) is 12.9. The number of hydrogen-bond donors (Lipinski definition) is 2. The Balaban J connectivity index is 3.08. The van der Waals surface area contributed by atoms with Gasteiger partial charge in [-0.1, -0.05) is 33.8 Å². The van der Waals surface area contributed by atoms with Crippen LogP contribution in [-0.4, -0.2) is 67.0 Å². The van der Waals surface area contributed by atoms with E-state index in [4.69, 9.17) is 28.4 Å². The molecular weight excluding hydrogens is 514 g/mol. The molecule has 0 saturated heterocycles. The molecule has 0 aliphatic carbocycles. The normalized spacial score (nSPS) is 14.1. The van der Waals surface area contributed by atoms with Crippen LogP contribution in [0.25, 0.3) is 0 Å². The molecule has 0 spiro atoms. The number of carbonyl (C=O) groups excluding carboxylic acids is 3. The molecule has 12 nitrogen and oxygen atoms in total. The highest BCUT2D eigenvalue weighted by Crippen LogP contribution is 2.30. The number of carboxylic acid groups (broad SMARTS) is 1. The number of aliphatic carboxylic acids is 1. The fraction of sp³-hybridized carbons (Fsp3) is 0.630. The van der Waals surface area contributed by atoms with E-state index in [1.807, 2.05) is 27.7 Å². The molecule has 1 aromatic rings. The maximum atomic E-state index is 12.4. The standard InChI is InChI=1S/C27H41NO11/c1-9-34-25(31)35-17(6)14-28-21(24(29)30)12-20-10-11-22(38-26(32)36-18(7)15(2)3)23(13-20)39-27(33)37-19(8)16(4)5/h10-11,13,15-19,21,28H,9,12,14H2,1-8H3,(H,29,30)/t17?,18?,19?,21-/m0/s1. The van der Waals surface area contributed by atoms with E-state index in [1.165, 1.54) is 18.2 Å². The molecule has 0 aliphatic heterocycles. The number of rotatable bonds is 14. The summed E-state index contributed by atoms with van der Waals surface area (Å²) in [6.07, 6.45) is -4.41. The maximum Gasteiger partial charge on any atom is 0.514 e. The highest BCUT2D eigenvalue weighted by atomic mass is 16.8.